The maximum absolute atomic E-state index is 12.5. The molecule has 3 aromatic rings. The average Bonchev–Trinajstić information content (AvgIpc) is 3.27. The van der Waals surface area contributed by atoms with E-state index in [0.29, 0.717) is 54.7 Å². The molecule has 3 atom stereocenters. The molecule has 0 saturated carbocycles. The van der Waals surface area contributed by atoms with E-state index in [2.05, 4.69) is 42.9 Å². The molecular weight excluding hydrogens is 572 g/mol. The molecule has 2 aromatic heterocycles. The van der Waals surface area contributed by atoms with Gasteiger partial charge in [-0.25, -0.2) is 9.78 Å². The molecule has 3 saturated heterocycles. The lowest BCUT2D eigenvalue weighted by Crippen LogP contribution is -2.55. The van der Waals surface area contributed by atoms with Crippen LogP contribution in [-0.2, 0) is 4.74 Å². The van der Waals surface area contributed by atoms with Crippen LogP contribution in [0.3, 0.4) is 0 Å². The normalized spacial score (nSPS) is 22.0. The van der Waals surface area contributed by atoms with Gasteiger partial charge in [-0.15, -0.1) is 10.2 Å². The number of aromatic nitrogens is 3. The molecule has 0 radical (unpaired) electrons. The van der Waals surface area contributed by atoms with Gasteiger partial charge in [0.15, 0.2) is 5.82 Å². The summed E-state index contributed by atoms with van der Waals surface area (Å²) >= 11 is 0. The number of hydrogen-bond acceptors (Lipinski definition) is 11. The minimum atomic E-state index is -0.497. The van der Waals surface area contributed by atoms with Gasteiger partial charge in [0.1, 0.15) is 18.0 Å². The second-order valence-electron chi connectivity index (χ2n) is 13.2. The third kappa shape index (κ3) is 6.85. The largest absolute Gasteiger partial charge is 0.507 e. The first kappa shape index (κ1) is 30.7. The molecule has 2 bridgehead atoms. The molecule has 3 aliphatic rings. The van der Waals surface area contributed by atoms with Crippen molar-refractivity contribution in [1.82, 2.24) is 25.0 Å². The van der Waals surface area contributed by atoms with Crippen molar-refractivity contribution in [2.75, 3.05) is 61.4 Å². The predicted molar refractivity (Wildman–Crippen MR) is 174 cm³/mol. The lowest BCUT2D eigenvalue weighted by Gasteiger charge is -2.43. The number of phenols is 1. The summed E-state index contributed by atoms with van der Waals surface area (Å²) in [5.41, 5.74) is 9.02. The van der Waals surface area contributed by atoms with Crippen molar-refractivity contribution in [3.05, 3.63) is 48.7 Å². The van der Waals surface area contributed by atoms with E-state index in [9.17, 15) is 9.90 Å². The number of ether oxygens (including phenoxy) is 2. The predicted octanol–water partition coefficient (Wildman–Crippen LogP) is 4.00. The van der Waals surface area contributed by atoms with Crippen LogP contribution in [0.1, 0.15) is 40.5 Å². The second-order valence-corrected chi connectivity index (χ2v) is 13.2. The van der Waals surface area contributed by atoms with Crippen LogP contribution in [-0.4, -0.2) is 106 Å². The van der Waals surface area contributed by atoms with Gasteiger partial charge >= 0.3 is 6.09 Å². The van der Waals surface area contributed by atoms with Gasteiger partial charge in [0, 0.05) is 80.9 Å². The number of fused-ring (bicyclic) bond motifs is 2. The topological polar surface area (TPSA) is 133 Å². The monoisotopic (exact) mass is 616 g/mol. The summed E-state index contributed by atoms with van der Waals surface area (Å²) in [5.74, 6) is 1.17. The zero-order chi connectivity index (χ0) is 31.7. The number of hydrogen-bond donors (Lipinski definition) is 2. The van der Waals surface area contributed by atoms with Gasteiger partial charge in [-0.1, -0.05) is 12.1 Å². The standard InChI is InChI=1S/C33H44N8O4/c1-22-19-39(32(43)45-33(2,3)4)14-13-38(22)15-16-44-30-17-23(11-12-35-30)41-24-9-10-25(41)21-40(20-24)28-18-27(36-37-31(28)34)26-7-5-6-8-29(26)42/h5-8,11-12,17-18,22,24-25,42H,9-10,13-16,19-21H2,1-4H3,(H2,34,37)/t22-,24?,25?/m1/s1. The van der Waals surface area contributed by atoms with Gasteiger partial charge in [-0.3, -0.25) is 4.90 Å². The number of piperazine rings is 2. The Morgan fingerprint density at radius 2 is 1.80 bits per heavy atom. The molecule has 3 fully saturated rings. The number of phenolic OH excluding ortho intramolecular Hbond substituents is 1. The molecule has 5 heterocycles. The fourth-order valence-corrected chi connectivity index (χ4v) is 6.71. The molecular formula is C33H44N8O4. The summed E-state index contributed by atoms with van der Waals surface area (Å²) in [6, 6.07) is 14.0. The Balaban J connectivity index is 1.05. The zero-order valence-electron chi connectivity index (χ0n) is 26.6. The van der Waals surface area contributed by atoms with Gasteiger partial charge in [-0.2, -0.15) is 0 Å². The molecule has 45 heavy (non-hydrogen) atoms. The number of nitrogen functional groups attached to an aromatic ring is 1. The summed E-state index contributed by atoms with van der Waals surface area (Å²) in [4.78, 5) is 25.9. The quantitative estimate of drug-likeness (QED) is 0.399. The summed E-state index contributed by atoms with van der Waals surface area (Å²) in [5, 5.41) is 18.8. The van der Waals surface area contributed by atoms with Gasteiger partial charge in [0.2, 0.25) is 5.88 Å². The number of aromatic hydroxyl groups is 1. The molecule has 12 heteroatoms. The number of pyridine rings is 1. The van der Waals surface area contributed by atoms with Crippen LogP contribution in [0.15, 0.2) is 48.7 Å². The van der Waals surface area contributed by atoms with E-state index in [1.807, 2.05) is 51.2 Å². The Bertz CT molecular complexity index is 1500. The first-order valence-corrected chi connectivity index (χ1v) is 15.8. The van der Waals surface area contributed by atoms with E-state index in [1.54, 1.807) is 17.0 Å². The van der Waals surface area contributed by atoms with Crippen LogP contribution < -0.4 is 20.3 Å². The number of nitrogens with two attached hydrogens (primary N) is 1. The van der Waals surface area contributed by atoms with Crippen molar-refractivity contribution in [2.24, 2.45) is 0 Å². The highest BCUT2D eigenvalue weighted by molar-refractivity contribution is 5.74. The Hall–Kier alpha value is -4.32. The molecule has 6 rings (SSSR count). The maximum atomic E-state index is 12.5. The van der Waals surface area contributed by atoms with Crippen LogP contribution >= 0.6 is 0 Å². The fraction of sp³-hybridized carbons (Fsp3) is 0.515. The first-order chi connectivity index (χ1) is 21.6. The summed E-state index contributed by atoms with van der Waals surface area (Å²) < 4.78 is 11.7. The summed E-state index contributed by atoms with van der Waals surface area (Å²) in [6.07, 6.45) is 3.73. The van der Waals surface area contributed by atoms with Crippen molar-refractivity contribution >= 4 is 23.3 Å². The van der Waals surface area contributed by atoms with Crippen LogP contribution in [0, 0.1) is 0 Å². The van der Waals surface area contributed by atoms with E-state index in [1.165, 1.54) is 0 Å². The number of amides is 1. The maximum Gasteiger partial charge on any atom is 0.410 e. The smallest absolute Gasteiger partial charge is 0.410 e. The second kappa shape index (κ2) is 12.6. The molecule has 0 aliphatic carbocycles. The first-order valence-electron chi connectivity index (χ1n) is 15.8. The number of anilines is 3. The van der Waals surface area contributed by atoms with Crippen LogP contribution in [0.25, 0.3) is 11.3 Å². The Morgan fingerprint density at radius 3 is 2.51 bits per heavy atom. The lowest BCUT2D eigenvalue weighted by atomic mass is 10.1. The lowest BCUT2D eigenvalue weighted by molar-refractivity contribution is 0.00424. The number of carbonyl (C=O) groups excluding carboxylic acids is 1. The fourth-order valence-electron chi connectivity index (χ4n) is 6.71. The highest BCUT2D eigenvalue weighted by Gasteiger charge is 2.41. The van der Waals surface area contributed by atoms with E-state index in [-0.39, 0.29) is 17.9 Å². The minimum Gasteiger partial charge on any atom is -0.507 e. The van der Waals surface area contributed by atoms with Crippen molar-refractivity contribution in [1.29, 1.82) is 0 Å². The molecule has 1 aromatic carbocycles. The SMILES string of the molecule is C[C@@H]1CN(C(=O)OC(C)(C)C)CCN1CCOc1cc(N2C3CCC2CN(c2cc(-c4ccccc4O)nnc2N)C3)ccn1. The third-order valence-electron chi connectivity index (χ3n) is 8.87. The zero-order valence-corrected chi connectivity index (χ0v) is 26.6. The highest BCUT2D eigenvalue weighted by atomic mass is 16.6. The van der Waals surface area contributed by atoms with Crippen molar-refractivity contribution in [3.8, 4) is 22.9 Å². The van der Waals surface area contributed by atoms with Crippen LogP contribution in [0.5, 0.6) is 11.6 Å². The number of benzene rings is 1. The van der Waals surface area contributed by atoms with Crippen molar-refractivity contribution in [3.63, 3.8) is 0 Å². The van der Waals surface area contributed by atoms with E-state index < -0.39 is 5.60 Å². The van der Waals surface area contributed by atoms with Crippen LogP contribution in [0.4, 0.5) is 22.0 Å². The Labute approximate surface area is 264 Å². The Kier molecular flexibility index (Phi) is 8.59. The Morgan fingerprint density at radius 1 is 1.04 bits per heavy atom. The van der Waals surface area contributed by atoms with Gasteiger partial charge < -0.3 is 35.0 Å². The van der Waals surface area contributed by atoms with Crippen molar-refractivity contribution in [2.45, 2.75) is 64.3 Å². The molecule has 2 unspecified atom stereocenters. The van der Waals surface area contributed by atoms with Gasteiger partial charge in [0.25, 0.3) is 0 Å². The van der Waals surface area contributed by atoms with Gasteiger partial charge in [-0.05, 0) is 64.8 Å². The van der Waals surface area contributed by atoms with E-state index in [0.717, 1.165) is 50.4 Å². The summed E-state index contributed by atoms with van der Waals surface area (Å²) in [7, 11) is 0. The molecule has 240 valence electrons. The van der Waals surface area contributed by atoms with Crippen LogP contribution in [0.2, 0.25) is 0 Å². The number of rotatable bonds is 7. The number of carbonyl (C=O) groups is 1. The van der Waals surface area contributed by atoms with Gasteiger partial charge in [0.05, 0.1) is 11.4 Å². The molecule has 3 aliphatic heterocycles. The highest BCUT2D eigenvalue weighted by Crippen LogP contribution is 2.39. The summed E-state index contributed by atoms with van der Waals surface area (Å²) in [6.45, 7) is 12.7. The average molecular weight is 617 g/mol. The third-order valence-corrected chi connectivity index (χ3v) is 8.87. The number of nitrogens with zero attached hydrogens (tertiary/aromatic N) is 7. The molecule has 12 nitrogen and oxygen atoms in total. The minimum absolute atomic E-state index is 0.165. The van der Waals surface area contributed by atoms with E-state index in [4.69, 9.17) is 15.2 Å². The van der Waals surface area contributed by atoms with Crippen molar-refractivity contribution < 1.29 is 19.4 Å². The van der Waals surface area contributed by atoms with E-state index >= 15 is 0 Å². The molecule has 0 spiro atoms. The number of para-hydroxylation sites is 1. The molecule has 1 amide bonds. The molecule has 3 N–H and O–H groups in total.